The lowest BCUT2D eigenvalue weighted by molar-refractivity contribution is -0.119. The molecule has 9 heteroatoms. The Kier molecular flexibility index (Phi) is 5.51. The first-order valence-corrected chi connectivity index (χ1v) is 10.2. The summed E-state index contributed by atoms with van der Waals surface area (Å²) in [5.41, 5.74) is 5.80. The van der Waals surface area contributed by atoms with Crippen LogP contribution in [0.5, 0.6) is 5.75 Å². The second kappa shape index (κ2) is 8.13. The molecule has 2 heterocycles. The molecule has 2 aromatic rings. The zero-order valence-corrected chi connectivity index (χ0v) is 17.2. The van der Waals surface area contributed by atoms with E-state index in [1.54, 1.807) is 11.0 Å². The van der Waals surface area contributed by atoms with Crippen LogP contribution in [0.4, 0.5) is 20.2 Å². The number of pyridine rings is 1. The van der Waals surface area contributed by atoms with Crippen LogP contribution in [-0.4, -0.2) is 36.5 Å². The molecule has 1 atom stereocenters. The summed E-state index contributed by atoms with van der Waals surface area (Å²) in [6.45, 7) is 0.516. The maximum Gasteiger partial charge on any atom is 0.267 e. The van der Waals surface area contributed by atoms with Gasteiger partial charge in [-0.2, -0.15) is 4.39 Å². The van der Waals surface area contributed by atoms with E-state index in [4.69, 9.17) is 10.5 Å². The number of ether oxygens (including phenoxy) is 1. The van der Waals surface area contributed by atoms with Crippen molar-refractivity contribution in [2.24, 2.45) is 11.1 Å². The summed E-state index contributed by atoms with van der Waals surface area (Å²) in [4.78, 5) is 30.6. The number of primary amides is 1. The first-order valence-electron chi connectivity index (χ1n) is 10.2. The Bertz CT molecular complexity index is 1020. The molecule has 2 aliphatic rings. The number of anilines is 2. The number of methoxy groups -OCH3 is 1. The molecule has 7 nitrogen and oxygen atoms in total. The van der Waals surface area contributed by atoms with Gasteiger partial charge in [-0.1, -0.05) is 12.8 Å². The third kappa shape index (κ3) is 3.68. The van der Waals surface area contributed by atoms with Gasteiger partial charge in [0, 0.05) is 23.8 Å². The SMILES string of the molecule is COc1c(N2CCC3(CCCC3)C2C(=O)Nc2ccnc(C(N)=O)c2)ccc(F)c1F. The maximum absolute atomic E-state index is 14.4. The molecule has 0 radical (unpaired) electrons. The molecule has 31 heavy (non-hydrogen) atoms. The van der Waals surface area contributed by atoms with Crippen molar-refractivity contribution < 1.29 is 23.1 Å². The first kappa shape index (κ1) is 21.0. The molecule has 1 aromatic carbocycles. The number of nitrogens with zero attached hydrogens (tertiary/aromatic N) is 2. The number of carbonyl (C=O) groups is 2. The number of hydrogen-bond donors (Lipinski definition) is 2. The minimum Gasteiger partial charge on any atom is -0.491 e. The number of hydrogen-bond acceptors (Lipinski definition) is 5. The molecule has 164 valence electrons. The Balaban J connectivity index is 1.71. The van der Waals surface area contributed by atoms with Crippen molar-refractivity contribution in [1.82, 2.24) is 4.98 Å². The predicted molar refractivity (Wildman–Crippen MR) is 111 cm³/mol. The van der Waals surface area contributed by atoms with E-state index in [1.165, 1.54) is 25.4 Å². The van der Waals surface area contributed by atoms with Crippen LogP contribution in [0.3, 0.4) is 0 Å². The van der Waals surface area contributed by atoms with Crippen LogP contribution in [0.25, 0.3) is 0 Å². The lowest BCUT2D eigenvalue weighted by Crippen LogP contribution is -2.48. The van der Waals surface area contributed by atoms with E-state index in [1.807, 2.05) is 0 Å². The number of benzene rings is 1. The molecule has 1 saturated carbocycles. The number of amides is 2. The van der Waals surface area contributed by atoms with Gasteiger partial charge in [0.1, 0.15) is 11.7 Å². The summed E-state index contributed by atoms with van der Waals surface area (Å²) in [6.07, 6.45) is 5.91. The summed E-state index contributed by atoms with van der Waals surface area (Å²) >= 11 is 0. The maximum atomic E-state index is 14.4. The molecule has 1 saturated heterocycles. The first-order chi connectivity index (χ1) is 14.9. The topological polar surface area (TPSA) is 97.6 Å². The molecular formula is C22H24F2N4O3. The van der Waals surface area contributed by atoms with E-state index >= 15 is 0 Å². The van der Waals surface area contributed by atoms with E-state index < -0.39 is 23.6 Å². The van der Waals surface area contributed by atoms with Crippen molar-refractivity contribution in [2.75, 3.05) is 23.9 Å². The van der Waals surface area contributed by atoms with Gasteiger partial charge in [-0.05, 0) is 43.5 Å². The molecule has 1 aromatic heterocycles. The van der Waals surface area contributed by atoms with Gasteiger partial charge in [-0.15, -0.1) is 0 Å². The molecule has 1 aliphatic carbocycles. The van der Waals surface area contributed by atoms with Crippen LogP contribution in [0.2, 0.25) is 0 Å². The second-order valence-corrected chi connectivity index (χ2v) is 8.11. The lowest BCUT2D eigenvalue weighted by atomic mass is 9.78. The minimum absolute atomic E-state index is 0.0407. The van der Waals surface area contributed by atoms with Crippen molar-refractivity contribution in [1.29, 1.82) is 0 Å². The average Bonchev–Trinajstić information content (AvgIpc) is 3.37. The van der Waals surface area contributed by atoms with E-state index in [2.05, 4.69) is 10.3 Å². The summed E-state index contributed by atoms with van der Waals surface area (Å²) < 4.78 is 33.3. The van der Waals surface area contributed by atoms with Crippen LogP contribution in [0.15, 0.2) is 30.5 Å². The number of halogens is 2. The van der Waals surface area contributed by atoms with E-state index in [0.29, 0.717) is 17.9 Å². The summed E-state index contributed by atoms with van der Waals surface area (Å²) in [7, 11) is 1.28. The van der Waals surface area contributed by atoms with Gasteiger partial charge in [-0.3, -0.25) is 14.6 Å². The van der Waals surface area contributed by atoms with Gasteiger partial charge in [0.05, 0.1) is 12.8 Å². The van der Waals surface area contributed by atoms with Crippen LogP contribution < -0.4 is 20.7 Å². The van der Waals surface area contributed by atoms with E-state index in [-0.39, 0.29) is 22.8 Å². The van der Waals surface area contributed by atoms with Crippen molar-refractivity contribution in [3.05, 3.63) is 47.8 Å². The van der Waals surface area contributed by atoms with Crippen LogP contribution in [0.1, 0.15) is 42.6 Å². The summed E-state index contributed by atoms with van der Waals surface area (Å²) in [6, 6.07) is 4.88. The van der Waals surface area contributed by atoms with Crippen molar-refractivity contribution in [3.8, 4) is 5.75 Å². The van der Waals surface area contributed by atoms with Crippen LogP contribution in [0, 0.1) is 17.0 Å². The van der Waals surface area contributed by atoms with Gasteiger partial charge in [0.2, 0.25) is 11.7 Å². The lowest BCUT2D eigenvalue weighted by Gasteiger charge is -2.35. The van der Waals surface area contributed by atoms with Crippen molar-refractivity contribution in [2.45, 2.75) is 38.1 Å². The summed E-state index contributed by atoms with van der Waals surface area (Å²) in [5, 5.41) is 2.86. The van der Waals surface area contributed by atoms with Gasteiger partial charge in [-0.25, -0.2) is 4.39 Å². The Labute approximate surface area is 178 Å². The molecule has 0 bridgehead atoms. The highest BCUT2D eigenvalue weighted by atomic mass is 19.2. The van der Waals surface area contributed by atoms with Crippen LogP contribution in [-0.2, 0) is 4.79 Å². The number of nitrogens with two attached hydrogens (primary N) is 1. The molecular weight excluding hydrogens is 406 g/mol. The molecule has 2 amide bonds. The monoisotopic (exact) mass is 430 g/mol. The molecule has 1 unspecified atom stereocenters. The fourth-order valence-electron chi connectivity index (χ4n) is 5.02. The quantitative estimate of drug-likeness (QED) is 0.759. The zero-order chi connectivity index (χ0) is 22.2. The fourth-order valence-corrected chi connectivity index (χ4v) is 5.02. The number of nitrogens with one attached hydrogen (secondary N) is 1. The average molecular weight is 430 g/mol. The minimum atomic E-state index is -1.08. The van der Waals surface area contributed by atoms with Gasteiger partial charge >= 0.3 is 0 Å². The van der Waals surface area contributed by atoms with Gasteiger partial charge in [0.25, 0.3) is 5.91 Å². The highest BCUT2D eigenvalue weighted by Gasteiger charge is 2.53. The molecule has 4 rings (SSSR count). The van der Waals surface area contributed by atoms with Gasteiger partial charge < -0.3 is 20.7 Å². The fraction of sp³-hybridized carbons (Fsp3) is 0.409. The van der Waals surface area contributed by atoms with E-state index in [0.717, 1.165) is 38.2 Å². The van der Waals surface area contributed by atoms with Crippen molar-refractivity contribution >= 4 is 23.2 Å². The Morgan fingerprint density at radius 1 is 1.23 bits per heavy atom. The summed E-state index contributed by atoms with van der Waals surface area (Å²) in [5.74, 6) is -3.28. The third-order valence-corrected chi connectivity index (χ3v) is 6.41. The number of rotatable bonds is 5. The smallest absolute Gasteiger partial charge is 0.267 e. The third-order valence-electron chi connectivity index (χ3n) is 6.41. The Morgan fingerprint density at radius 3 is 2.65 bits per heavy atom. The second-order valence-electron chi connectivity index (χ2n) is 8.11. The Hall–Kier alpha value is -3.23. The normalized spacial score (nSPS) is 19.6. The predicted octanol–water partition coefficient (Wildman–Crippen LogP) is 3.25. The Morgan fingerprint density at radius 2 is 1.97 bits per heavy atom. The molecule has 3 N–H and O–H groups in total. The highest BCUT2D eigenvalue weighted by Crippen LogP contribution is 2.52. The molecule has 1 spiro atoms. The van der Waals surface area contributed by atoms with Crippen molar-refractivity contribution in [3.63, 3.8) is 0 Å². The standard InChI is InChI=1S/C22H24F2N4O3/c1-31-18-16(5-4-14(23)17(18)24)28-11-9-22(7-2-3-8-22)19(28)21(30)27-13-6-10-26-15(12-13)20(25)29/h4-6,10,12,19H,2-3,7-9,11H2,1H3,(H2,25,29)(H,26,27,30). The highest BCUT2D eigenvalue weighted by molar-refractivity contribution is 5.99. The number of carbonyl (C=O) groups excluding carboxylic acids is 2. The number of aromatic nitrogens is 1. The largest absolute Gasteiger partial charge is 0.491 e. The molecule has 2 fully saturated rings. The molecule has 1 aliphatic heterocycles. The van der Waals surface area contributed by atoms with Gasteiger partial charge in [0.15, 0.2) is 11.6 Å². The van der Waals surface area contributed by atoms with Crippen LogP contribution >= 0.6 is 0 Å². The zero-order valence-electron chi connectivity index (χ0n) is 17.2. The van der Waals surface area contributed by atoms with E-state index in [9.17, 15) is 18.4 Å².